The van der Waals surface area contributed by atoms with Crippen LogP contribution in [0.2, 0.25) is 0 Å². The van der Waals surface area contributed by atoms with Gasteiger partial charge in [0.15, 0.2) is 23.0 Å². The lowest BCUT2D eigenvalue weighted by molar-refractivity contribution is 0.244. The van der Waals surface area contributed by atoms with Gasteiger partial charge in [-0.2, -0.15) is 5.10 Å². The number of nitrogens with one attached hydrogen (secondary N) is 1. The summed E-state index contributed by atoms with van der Waals surface area (Å²) in [4.78, 5) is 24.8. The molecule has 5 aromatic rings. The summed E-state index contributed by atoms with van der Waals surface area (Å²) in [7, 11) is 0. The summed E-state index contributed by atoms with van der Waals surface area (Å²) in [6.45, 7) is 0.309. The summed E-state index contributed by atoms with van der Waals surface area (Å²) in [5, 5.41) is 4.33. The molecule has 30 heavy (non-hydrogen) atoms. The molecule has 148 valence electrons. The van der Waals surface area contributed by atoms with Gasteiger partial charge in [0, 0.05) is 18.2 Å². The minimum atomic E-state index is -0.438. The van der Waals surface area contributed by atoms with Gasteiger partial charge < -0.3 is 9.72 Å². The Kier molecular flexibility index (Phi) is 3.52. The number of para-hydroxylation sites is 1. The van der Waals surface area contributed by atoms with Crippen molar-refractivity contribution < 1.29 is 9.13 Å². The molecule has 1 aromatic carbocycles. The molecule has 1 aliphatic rings. The summed E-state index contributed by atoms with van der Waals surface area (Å²) in [5.74, 6) is 0.210. The van der Waals surface area contributed by atoms with Gasteiger partial charge in [0.05, 0.1) is 36.1 Å². The predicted octanol–water partition coefficient (Wildman–Crippen LogP) is 2.95. The second-order valence-electron chi connectivity index (χ2n) is 7.13. The smallest absolute Gasteiger partial charge is 0.328 e. The van der Waals surface area contributed by atoms with Crippen LogP contribution in [-0.4, -0.2) is 35.7 Å². The molecule has 5 heterocycles. The first-order valence-corrected chi connectivity index (χ1v) is 9.52. The number of rotatable bonds is 2. The zero-order chi connectivity index (χ0) is 20.2. The van der Waals surface area contributed by atoms with Crippen molar-refractivity contribution in [2.75, 3.05) is 6.61 Å². The molecule has 0 saturated carbocycles. The lowest BCUT2D eigenvalue weighted by Crippen LogP contribution is -2.28. The molecule has 0 bridgehead atoms. The van der Waals surface area contributed by atoms with Gasteiger partial charge in [0.2, 0.25) is 0 Å². The van der Waals surface area contributed by atoms with Crippen LogP contribution in [0.4, 0.5) is 4.39 Å². The normalized spacial score (nSPS) is 16.0. The molecule has 8 nitrogen and oxygen atoms in total. The number of fused-ring (bicyclic) bond motifs is 3. The van der Waals surface area contributed by atoms with E-state index in [0.717, 1.165) is 11.1 Å². The van der Waals surface area contributed by atoms with Crippen LogP contribution in [0.5, 0.6) is 5.75 Å². The second-order valence-corrected chi connectivity index (χ2v) is 7.13. The molecule has 4 aromatic heterocycles. The van der Waals surface area contributed by atoms with Crippen molar-refractivity contribution in [2.24, 2.45) is 0 Å². The van der Waals surface area contributed by atoms with Crippen LogP contribution in [0.3, 0.4) is 0 Å². The van der Waals surface area contributed by atoms with Crippen LogP contribution in [0.25, 0.3) is 28.1 Å². The van der Waals surface area contributed by atoms with Crippen LogP contribution in [0, 0.1) is 5.82 Å². The molecule has 0 saturated heterocycles. The summed E-state index contributed by atoms with van der Waals surface area (Å²) in [5.41, 5.74) is 2.90. The Labute approximate surface area is 168 Å². The number of hydrogen-bond acceptors (Lipinski definition) is 5. The highest BCUT2D eigenvalue weighted by molar-refractivity contribution is 5.79. The number of aromatic nitrogens is 6. The van der Waals surface area contributed by atoms with Crippen LogP contribution in [0.15, 0.2) is 59.8 Å². The minimum Gasteiger partial charge on any atom is -0.490 e. The van der Waals surface area contributed by atoms with Crippen LogP contribution < -0.4 is 10.4 Å². The molecule has 6 rings (SSSR count). The summed E-state index contributed by atoms with van der Waals surface area (Å²) >= 11 is 0. The molecular formula is C21H15FN6O2. The molecule has 0 aliphatic carbocycles. The van der Waals surface area contributed by atoms with E-state index in [1.165, 1.54) is 6.07 Å². The minimum absolute atomic E-state index is 0.187. The van der Waals surface area contributed by atoms with E-state index in [-0.39, 0.29) is 11.4 Å². The average Bonchev–Trinajstić information content (AvgIpc) is 3.33. The van der Waals surface area contributed by atoms with Gasteiger partial charge in [-0.3, -0.25) is 4.57 Å². The van der Waals surface area contributed by atoms with E-state index >= 15 is 0 Å². The maximum atomic E-state index is 14.2. The largest absolute Gasteiger partial charge is 0.490 e. The molecule has 0 amide bonds. The number of benzene rings is 1. The first-order chi connectivity index (χ1) is 14.7. The van der Waals surface area contributed by atoms with Crippen LogP contribution in [-0.2, 0) is 0 Å². The lowest BCUT2D eigenvalue weighted by Gasteiger charge is -2.26. The van der Waals surface area contributed by atoms with Gasteiger partial charge in [0.25, 0.3) is 0 Å². The number of nitrogens with zero attached hydrogens (tertiary/aromatic N) is 5. The fraction of sp³-hybridized carbons (Fsp3) is 0.143. The van der Waals surface area contributed by atoms with E-state index in [4.69, 9.17) is 9.72 Å². The molecule has 0 spiro atoms. The fourth-order valence-corrected chi connectivity index (χ4v) is 4.08. The van der Waals surface area contributed by atoms with Crippen molar-refractivity contribution in [1.29, 1.82) is 0 Å². The Morgan fingerprint density at radius 3 is 3.03 bits per heavy atom. The number of H-pyrrole nitrogens is 1. The Balaban J connectivity index is 1.57. The molecule has 1 atom stereocenters. The molecule has 1 unspecified atom stereocenters. The standard InChI is InChI=1S/C21H15FN6O2/c22-14-5-3-4-12-17(7-9-30-18(12)14)28-20-15(25-21(28)29)11-23-19(26-20)13-10-24-27-8-2-1-6-16(13)27/h1-6,8,10-11,17H,7,9H2,(H,25,29). The second kappa shape index (κ2) is 6.24. The third-order valence-electron chi connectivity index (χ3n) is 5.43. The molecule has 9 heteroatoms. The Hall–Kier alpha value is -4.01. The Morgan fingerprint density at radius 1 is 1.17 bits per heavy atom. The summed E-state index contributed by atoms with van der Waals surface area (Å²) in [6.07, 6.45) is 5.66. The topological polar surface area (TPSA) is 90.1 Å². The Bertz CT molecular complexity index is 1480. The quantitative estimate of drug-likeness (QED) is 0.490. The van der Waals surface area contributed by atoms with Crippen molar-refractivity contribution in [3.63, 3.8) is 0 Å². The van der Waals surface area contributed by atoms with E-state index in [2.05, 4.69) is 15.1 Å². The SMILES string of the molecule is O=c1[nH]c2cnc(-c3cnn4ccccc34)nc2n1C1CCOc2c(F)cccc21. The van der Waals surface area contributed by atoms with E-state index in [1.807, 2.05) is 24.4 Å². The van der Waals surface area contributed by atoms with Crippen molar-refractivity contribution in [3.05, 3.63) is 76.9 Å². The van der Waals surface area contributed by atoms with Crippen molar-refractivity contribution in [2.45, 2.75) is 12.5 Å². The Morgan fingerprint density at radius 2 is 2.10 bits per heavy atom. The van der Waals surface area contributed by atoms with Gasteiger partial charge >= 0.3 is 5.69 Å². The third kappa shape index (κ3) is 2.38. The number of hydrogen-bond donors (Lipinski definition) is 1. The highest BCUT2D eigenvalue weighted by Crippen LogP contribution is 2.37. The predicted molar refractivity (Wildman–Crippen MR) is 107 cm³/mol. The number of halogens is 1. The van der Waals surface area contributed by atoms with Gasteiger partial charge in [-0.25, -0.2) is 23.7 Å². The van der Waals surface area contributed by atoms with Gasteiger partial charge in [-0.15, -0.1) is 0 Å². The first-order valence-electron chi connectivity index (χ1n) is 9.52. The maximum Gasteiger partial charge on any atom is 0.328 e. The highest BCUT2D eigenvalue weighted by Gasteiger charge is 2.28. The van der Waals surface area contributed by atoms with Crippen molar-refractivity contribution in [3.8, 4) is 17.1 Å². The number of ether oxygens (including phenoxy) is 1. The van der Waals surface area contributed by atoms with Crippen LogP contribution in [0.1, 0.15) is 18.0 Å². The van der Waals surface area contributed by atoms with Crippen LogP contribution >= 0.6 is 0 Å². The van der Waals surface area contributed by atoms with Gasteiger partial charge in [0.1, 0.15) is 5.52 Å². The molecule has 1 N–H and O–H groups in total. The number of aromatic amines is 1. The molecule has 0 fully saturated rings. The van der Waals surface area contributed by atoms with Crippen molar-refractivity contribution >= 4 is 16.7 Å². The first kappa shape index (κ1) is 16.9. The van der Waals surface area contributed by atoms with E-state index in [1.54, 1.807) is 33.6 Å². The lowest BCUT2D eigenvalue weighted by atomic mass is 10.00. The van der Waals surface area contributed by atoms with Gasteiger partial charge in [-0.1, -0.05) is 18.2 Å². The number of pyridine rings is 1. The number of imidazole rings is 1. The molecular weight excluding hydrogens is 387 g/mol. The summed E-state index contributed by atoms with van der Waals surface area (Å²) < 4.78 is 23.1. The van der Waals surface area contributed by atoms with E-state index in [0.29, 0.717) is 35.6 Å². The average molecular weight is 402 g/mol. The monoisotopic (exact) mass is 402 g/mol. The summed E-state index contributed by atoms with van der Waals surface area (Å²) in [6, 6.07) is 10.1. The molecule has 1 aliphatic heterocycles. The highest BCUT2D eigenvalue weighted by atomic mass is 19.1. The zero-order valence-electron chi connectivity index (χ0n) is 15.6. The van der Waals surface area contributed by atoms with E-state index < -0.39 is 11.9 Å². The fourth-order valence-electron chi connectivity index (χ4n) is 4.08. The molecule has 0 radical (unpaired) electrons. The zero-order valence-corrected chi connectivity index (χ0v) is 15.6. The third-order valence-corrected chi connectivity index (χ3v) is 5.43. The maximum absolute atomic E-state index is 14.2. The van der Waals surface area contributed by atoms with Gasteiger partial charge in [-0.05, 0) is 18.2 Å². The van der Waals surface area contributed by atoms with Crippen molar-refractivity contribution in [1.82, 2.24) is 29.1 Å². The van der Waals surface area contributed by atoms with E-state index in [9.17, 15) is 9.18 Å².